The van der Waals surface area contributed by atoms with Crippen LogP contribution in [0.15, 0.2) is 54.6 Å². The Labute approximate surface area is 126 Å². The Bertz CT molecular complexity index is 656. The van der Waals surface area contributed by atoms with Gasteiger partial charge in [0.15, 0.2) is 0 Å². The van der Waals surface area contributed by atoms with Crippen molar-refractivity contribution in [2.45, 2.75) is 11.8 Å². The van der Waals surface area contributed by atoms with Gasteiger partial charge in [0.05, 0.1) is 0 Å². The monoisotopic (exact) mass is 298 g/mol. The highest BCUT2D eigenvalue weighted by atomic mass is 32.2. The Morgan fingerprint density at radius 2 is 1.71 bits per heavy atom. The lowest BCUT2D eigenvalue weighted by Gasteiger charge is -2.09. The number of nitrogens with one attached hydrogen (secondary N) is 2. The molecule has 21 heavy (non-hydrogen) atoms. The van der Waals surface area contributed by atoms with Crippen LogP contribution in [0.1, 0.15) is 16.4 Å². The minimum atomic E-state index is -0.423. The second-order valence-electron chi connectivity index (χ2n) is 4.74. The maximum Gasteiger partial charge on any atom is 0.286 e. The molecular weight excluding hydrogens is 284 g/mol. The summed E-state index contributed by atoms with van der Waals surface area (Å²) < 4.78 is 0. The lowest BCUT2D eigenvalue weighted by atomic mass is 10.1. The summed E-state index contributed by atoms with van der Waals surface area (Å²) in [4.78, 5) is 22.8. The van der Waals surface area contributed by atoms with E-state index in [-0.39, 0.29) is 11.1 Å². The lowest BCUT2D eigenvalue weighted by Crippen LogP contribution is -2.20. The van der Waals surface area contributed by atoms with Gasteiger partial charge < -0.3 is 5.32 Å². The van der Waals surface area contributed by atoms with Crippen molar-refractivity contribution < 1.29 is 9.59 Å². The van der Waals surface area contributed by atoms with Gasteiger partial charge in [-0.1, -0.05) is 42.5 Å². The van der Waals surface area contributed by atoms with Crippen LogP contribution in [0.5, 0.6) is 0 Å². The molecule has 1 aliphatic rings. The first kappa shape index (κ1) is 13.7. The van der Waals surface area contributed by atoms with Gasteiger partial charge in [0.25, 0.3) is 5.24 Å². The van der Waals surface area contributed by atoms with Gasteiger partial charge in [0.2, 0.25) is 5.91 Å². The van der Waals surface area contributed by atoms with Crippen molar-refractivity contribution in [3.05, 3.63) is 65.7 Å². The topological polar surface area (TPSA) is 58.2 Å². The van der Waals surface area contributed by atoms with E-state index in [0.717, 1.165) is 28.6 Å². The number of carbonyl (C=O) groups is 2. The standard InChI is InChI=1S/C16H14N2O2S/c19-15-14(21-16(20)18-15)12-8-6-11(7-9-12)10-17-13-4-2-1-3-5-13/h1-9,14,17H,10H2,(H,18,19,20). The Morgan fingerprint density at radius 3 is 2.33 bits per heavy atom. The van der Waals surface area contributed by atoms with Crippen molar-refractivity contribution in [3.63, 3.8) is 0 Å². The molecular formula is C16H14N2O2S. The van der Waals surface area contributed by atoms with Gasteiger partial charge in [-0.25, -0.2) is 0 Å². The van der Waals surface area contributed by atoms with Crippen LogP contribution < -0.4 is 10.6 Å². The molecule has 0 aliphatic carbocycles. The van der Waals surface area contributed by atoms with E-state index in [1.807, 2.05) is 54.6 Å². The number of rotatable bonds is 4. The highest BCUT2D eigenvalue weighted by Gasteiger charge is 2.32. The molecule has 1 atom stereocenters. The van der Waals surface area contributed by atoms with Crippen molar-refractivity contribution in [3.8, 4) is 0 Å². The number of anilines is 1. The van der Waals surface area contributed by atoms with Gasteiger partial charge in [-0.2, -0.15) is 0 Å². The van der Waals surface area contributed by atoms with Crippen molar-refractivity contribution in [2.24, 2.45) is 0 Å². The van der Waals surface area contributed by atoms with Crippen LogP contribution in [-0.4, -0.2) is 11.1 Å². The summed E-state index contributed by atoms with van der Waals surface area (Å²) in [5.74, 6) is -0.236. The summed E-state index contributed by atoms with van der Waals surface area (Å²) in [5, 5.41) is 4.93. The first-order valence-electron chi connectivity index (χ1n) is 6.61. The first-order valence-corrected chi connectivity index (χ1v) is 7.49. The van der Waals surface area contributed by atoms with Crippen molar-refractivity contribution >= 4 is 28.6 Å². The summed E-state index contributed by atoms with van der Waals surface area (Å²) in [5.41, 5.74) is 3.04. The second-order valence-corrected chi connectivity index (χ2v) is 5.81. The molecule has 2 aromatic carbocycles. The van der Waals surface area contributed by atoms with E-state index in [1.165, 1.54) is 0 Å². The van der Waals surface area contributed by atoms with Crippen LogP contribution in [0.2, 0.25) is 0 Å². The number of carbonyl (C=O) groups excluding carboxylic acids is 2. The Balaban J connectivity index is 1.64. The van der Waals surface area contributed by atoms with E-state index in [9.17, 15) is 9.59 Å². The summed E-state index contributed by atoms with van der Waals surface area (Å²) in [7, 11) is 0. The van der Waals surface area contributed by atoms with E-state index in [1.54, 1.807) is 0 Å². The summed E-state index contributed by atoms with van der Waals surface area (Å²) in [6.07, 6.45) is 0. The minimum Gasteiger partial charge on any atom is -0.381 e. The molecule has 1 aliphatic heterocycles. The smallest absolute Gasteiger partial charge is 0.286 e. The summed E-state index contributed by atoms with van der Waals surface area (Å²) >= 11 is 1.03. The fourth-order valence-corrected chi connectivity index (χ4v) is 2.98. The van der Waals surface area contributed by atoms with Crippen molar-refractivity contribution in [2.75, 3.05) is 5.32 Å². The average Bonchev–Trinajstić information content (AvgIpc) is 2.85. The van der Waals surface area contributed by atoms with Crippen LogP contribution in [-0.2, 0) is 11.3 Å². The van der Waals surface area contributed by atoms with Crippen LogP contribution >= 0.6 is 11.8 Å². The normalized spacial score (nSPS) is 17.6. The number of hydrogen-bond donors (Lipinski definition) is 2. The Morgan fingerprint density at radius 1 is 1.00 bits per heavy atom. The Hall–Kier alpha value is -2.27. The molecule has 4 nitrogen and oxygen atoms in total. The van der Waals surface area contributed by atoms with Gasteiger partial charge >= 0.3 is 0 Å². The van der Waals surface area contributed by atoms with Crippen LogP contribution in [0.25, 0.3) is 0 Å². The minimum absolute atomic E-state index is 0.236. The fourth-order valence-electron chi connectivity index (χ4n) is 2.15. The molecule has 0 aromatic heterocycles. The number of hydrogen-bond acceptors (Lipinski definition) is 4. The van der Waals surface area contributed by atoms with Gasteiger partial charge in [0.1, 0.15) is 5.25 Å². The van der Waals surface area contributed by atoms with E-state index in [2.05, 4.69) is 10.6 Å². The molecule has 0 spiro atoms. The summed E-state index contributed by atoms with van der Waals surface area (Å²) in [6.45, 7) is 0.716. The van der Waals surface area contributed by atoms with Gasteiger partial charge in [-0.15, -0.1) is 0 Å². The molecule has 2 N–H and O–H groups in total. The molecule has 1 unspecified atom stereocenters. The third-order valence-electron chi connectivity index (χ3n) is 3.24. The number of benzene rings is 2. The number of para-hydroxylation sites is 1. The third-order valence-corrected chi connectivity index (χ3v) is 4.28. The molecule has 0 bridgehead atoms. The zero-order chi connectivity index (χ0) is 14.7. The van der Waals surface area contributed by atoms with Gasteiger partial charge in [-0.3, -0.25) is 14.9 Å². The average molecular weight is 298 g/mol. The number of imide groups is 1. The van der Waals surface area contributed by atoms with E-state index >= 15 is 0 Å². The van der Waals surface area contributed by atoms with Crippen molar-refractivity contribution in [1.29, 1.82) is 0 Å². The van der Waals surface area contributed by atoms with E-state index in [4.69, 9.17) is 0 Å². The zero-order valence-electron chi connectivity index (χ0n) is 11.2. The Kier molecular flexibility index (Phi) is 3.92. The first-order chi connectivity index (χ1) is 10.2. The maximum absolute atomic E-state index is 11.6. The maximum atomic E-state index is 11.6. The van der Waals surface area contributed by atoms with Crippen molar-refractivity contribution in [1.82, 2.24) is 5.32 Å². The predicted octanol–water partition coefficient (Wildman–Crippen LogP) is 3.32. The largest absolute Gasteiger partial charge is 0.381 e. The van der Waals surface area contributed by atoms with E-state index < -0.39 is 5.25 Å². The number of amides is 2. The molecule has 1 saturated heterocycles. The molecule has 106 valence electrons. The van der Waals surface area contributed by atoms with Gasteiger partial charge in [0, 0.05) is 12.2 Å². The summed E-state index contributed by atoms with van der Waals surface area (Å²) in [6, 6.07) is 17.7. The highest BCUT2D eigenvalue weighted by molar-refractivity contribution is 8.15. The molecule has 1 fully saturated rings. The van der Waals surface area contributed by atoms with Crippen LogP contribution in [0, 0.1) is 0 Å². The van der Waals surface area contributed by atoms with Crippen LogP contribution in [0.3, 0.4) is 0 Å². The second kappa shape index (κ2) is 6.01. The molecule has 0 saturated carbocycles. The zero-order valence-corrected chi connectivity index (χ0v) is 12.0. The lowest BCUT2D eigenvalue weighted by molar-refractivity contribution is -0.119. The molecule has 2 aromatic rings. The van der Waals surface area contributed by atoms with E-state index in [0.29, 0.717) is 6.54 Å². The fraction of sp³-hybridized carbons (Fsp3) is 0.125. The van der Waals surface area contributed by atoms with Crippen LogP contribution in [0.4, 0.5) is 10.5 Å². The predicted molar refractivity (Wildman–Crippen MR) is 84.1 cm³/mol. The molecule has 3 rings (SSSR count). The SMILES string of the molecule is O=C1NC(=O)C(c2ccc(CNc3ccccc3)cc2)S1. The molecule has 5 heteroatoms. The quantitative estimate of drug-likeness (QED) is 0.909. The third kappa shape index (κ3) is 3.25. The highest BCUT2D eigenvalue weighted by Crippen LogP contribution is 2.34. The van der Waals surface area contributed by atoms with Gasteiger partial charge in [-0.05, 0) is 35.0 Å². The molecule has 2 amide bonds. The number of thioether (sulfide) groups is 1. The molecule has 1 heterocycles. The molecule has 0 radical (unpaired) electrons.